The maximum absolute atomic E-state index is 12.6. The van der Waals surface area contributed by atoms with E-state index >= 15 is 0 Å². The van der Waals surface area contributed by atoms with Crippen LogP contribution in [-0.2, 0) is 6.54 Å². The Morgan fingerprint density at radius 2 is 1.62 bits per heavy atom. The maximum Gasteiger partial charge on any atom is 0.415 e. The van der Waals surface area contributed by atoms with E-state index in [1.807, 2.05) is 68.4 Å². The van der Waals surface area contributed by atoms with Crippen LogP contribution in [0.4, 0.5) is 4.79 Å². The van der Waals surface area contributed by atoms with E-state index < -0.39 is 6.09 Å². The summed E-state index contributed by atoms with van der Waals surface area (Å²) in [5, 5.41) is 0. The van der Waals surface area contributed by atoms with E-state index in [9.17, 15) is 4.79 Å². The number of oxazole rings is 1. The predicted molar refractivity (Wildman–Crippen MR) is 141 cm³/mol. The first kappa shape index (κ1) is 25.4. The molecule has 4 rings (SSSR count). The van der Waals surface area contributed by atoms with Gasteiger partial charge in [-0.15, -0.1) is 0 Å². The van der Waals surface area contributed by atoms with E-state index in [2.05, 4.69) is 16.8 Å². The highest BCUT2D eigenvalue weighted by molar-refractivity contribution is 5.70. The molecule has 1 heterocycles. The van der Waals surface area contributed by atoms with Crippen molar-refractivity contribution in [3.05, 3.63) is 95.9 Å². The second-order valence-corrected chi connectivity index (χ2v) is 8.08. The Balaban J connectivity index is 1.29. The number of aryl methyl sites for hydroxylation is 1. The van der Waals surface area contributed by atoms with Crippen LogP contribution in [0, 0.1) is 18.8 Å². The molecular weight excluding hydrogens is 468 g/mol. The molecule has 4 aromatic rings. The molecule has 0 unspecified atom stereocenters. The van der Waals surface area contributed by atoms with Gasteiger partial charge < -0.3 is 23.5 Å². The van der Waals surface area contributed by atoms with Crippen molar-refractivity contribution in [1.29, 1.82) is 0 Å². The Hall–Kier alpha value is -4.70. The Kier molecular flexibility index (Phi) is 8.45. The number of rotatable bonds is 8. The summed E-state index contributed by atoms with van der Waals surface area (Å²) in [4.78, 5) is 18.7. The minimum absolute atomic E-state index is 0.210. The van der Waals surface area contributed by atoms with Gasteiger partial charge in [-0.25, -0.2) is 9.78 Å². The average Bonchev–Trinajstić information content (AvgIpc) is 3.31. The van der Waals surface area contributed by atoms with Crippen LogP contribution in [0.5, 0.6) is 17.2 Å². The predicted octanol–water partition coefficient (Wildman–Crippen LogP) is 6.11. The van der Waals surface area contributed by atoms with Gasteiger partial charge in [0.05, 0.1) is 7.11 Å². The van der Waals surface area contributed by atoms with E-state index in [1.54, 1.807) is 36.3 Å². The molecule has 7 nitrogen and oxygen atoms in total. The van der Waals surface area contributed by atoms with Gasteiger partial charge in [-0.3, -0.25) is 0 Å². The Labute approximate surface area is 216 Å². The summed E-state index contributed by atoms with van der Waals surface area (Å²) >= 11 is 0. The Bertz CT molecular complexity index is 1370. The Morgan fingerprint density at radius 1 is 0.946 bits per heavy atom. The fourth-order valence-electron chi connectivity index (χ4n) is 3.48. The highest BCUT2D eigenvalue weighted by Crippen LogP contribution is 2.21. The number of methoxy groups -OCH3 is 1. The molecular formula is C30H28N2O5. The fourth-order valence-corrected chi connectivity index (χ4v) is 3.48. The third kappa shape index (κ3) is 6.92. The van der Waals surface area contributed by atoms with Crippen molar-refractivity contribution < 1.29 is 23.4 Å². The molecule has 0 saturated heterocycles. The number of ether oxygens (including phenoxy) is 3. The summed E-state index contributed by atoms with van der Waals surface area (Å²) in [5.41, 5.74) is 2.46. The van der Waals surface area contributed by atoms with Gasteiger partial charge in [0.2, 0.25) is 5.89 Å². The molecule has 0 atom stereocenters. The SMILES string of the molecule is CCN(Cc1ccc(OCC#Cc2nc(-c3ccccc3)oc2C)cc1)C(=O)Oc1ccc(OC)cc1. The van der Waals surface area contributed by atoms with E-state index in [4.69, 9.17) is 18.6 Å². The van der Waals surface area contributed by atoms with E-state index in [0.29, 0.717) is 47.7 Å². The summed E-state index contributed by atoms with van der Waals surface area (Å²) in [7, 11) is 1.59. The third-order valence-electron chi connectivity index (χ3n) is 5.54. The highest BCUT2D eigenvalue weighted by Gasteiger charge is 2.15. The van der Waals surface area contributed by atoms with Crippen LogP contribution in [0.3, 0.4) is 0 Å². The van der Waals surface area contributed by atoms with Gasteiger partial charge >= 0.3 is 6.09 Å². The third-order valence-corrected chi connectivity index (χ3v) is 5.54. The van der Waals surface area contributed by atoms with Gasteiger partial charge in [0, 0.05) is 18.7 Å². The number of carbonyl (C=O) groups excluding carboxylic acids is 1. The highest BCUT2D eigenvalue weighted by atomic mass is 16.6. The standard InChI is InChI=1S/C30H28N2O5/c1-4-32(30(33)37-27-18-16-25(34-3)17-19-27)21-23-12-14-26(15-13-23)35-20-8-11-28-22(2)36-29(31-28)24-9-6-5-7-10-24/h5-7,9-10,12-19H,4,20-21H2,1-3H3. The lowest BCUT2D eigenvalue weighted by molar-refractivity contribution is 0.152. The number of amides is 1. The average molecular weight is 497 g/mol. The van der Waals surface area contributed by atoms with Crippen LogP contribution in [-0.4, -0.2) is 36.2 Å². The van der Waals surface area contributed by atoms with Gasteiger partial charge in [-0.1, -0.05) is 36.3 Å². The van der Waals surface area contributed by atoms with Gasteiger partial charge in [0.15, 0.2) is 5.69 Å². The summed E-state index contributed by atoms with van der Waals surface area (Å²) < 4.78 is 22.1. The number of hydrogen-bond donors (Lipinski definition) is 0. The molecule has 7 heteroatoms. The number of benzene rings is 3. The largest absolute Gasteiger partial charge is 0.497 e. The monoisotopic (exact) mass is 496 g/mol. The minimum atomic E-state index is -0.415. The first-order valence-corrected chi connectivity index (χ1v) is 11.9. The fraction of sp³-hybridized carbons (Fsp3) is 0.200. The van der Waals surface area contributed by atoms with Gasteiger partial charge in [-0.05, 0) is 73.9 Å². The van der Waals surface area contributed by atoms with Gasteiger partial charge in [0.1, 0.15) is 29.6 Å². The molecule has 37 heavy (non-hydrogen) atoms. The summed E-state index contributed by atoms with van der Waals surface area (Å²) in [6.07, 6.45) is -0.415. The first-order chi connectivity index (χ1) is 18.1. The number of carbonyl (C=O) groups is 1. The summed E-state index contributed by atoms with van der Waals surface area (Å²) in [5.74, 6) is 9.06. The number of nitrogens with zero attached hydrogens (tertiary/aromatic N) is 2. The second kappa shape index (κ2) is 12.3. The van der Waals surface area contributed by atoms with E-state index in [-0.39, 0.29) is 6.61 Å². The summed E-state index contributed by atoms with van der Waals surface area (Å²) in [6, 6.07) is 24.1. The minimum Gasteiger partial charge on any atom is -0.497 e. The molecule has 0 bridgehead atoms. The van der Waals surface area contributed by atoms with Gasteiger partial charge in [-0.2, -0.15) is 0 Å². The summed E-state index contributed by atoms with van der Waals surface area (Å²) in [6.45, 7) is 4.89. The maximum atomic E-state index is 12.6. The van der Waals surface area contributed by atoms with Crippen molar-refractivity contribution in [3.8, 4) is 40.5 Å². The zero-order valence-corrected chi connectivity index (χ0v) is 21.1. The molecule has 188 valence electrons. The molecule has 0 N–H and O–H groups in total. The van der Waals surface area contributed by atoms with Crippen molar-refractivity contribution in [2.24, 2.45) is 0 Å². The van der Waals surface area contributed by atoms with Crippen LogP contribution < -0.4 is 14.2 Å². The molecule has 1 aromatic heterocycles. The van der Waals surface area contributed by atoms with Crippen LogP contribution in [0.2, 0.25) is 0 Å². The van der Waals surface area contributed by atoms with Crippen molar-refractivity contribution in [1.82, 2.24) is 9.88 Å². The topological polar surface area (TPSA) is 74.0 Å². The van der Waals surface area contributed by atoms with Crippen LogP contribution in [0.25, 0.3) is 11.5 Å². The zero-order valence-electron chi connectivity index (χ0n) is 21.1. The van der Waals surface area contributed by atoms with Crippen LogP contribution >= 0.6 is 0 Å². The number of aromatic nitrogens is 1. The van der Waals surface area contributed by atoms with Crippen molar-refractivity contribution in [3.63, 3.8) is 0 Å². The molecule has 0 spiro atoms. The zero-order chi connectivity index (χ0) is 26.0. The van der Waals surface area contributed by atoms with E-state index in [0.717, 1.165) is 11.1 Å². The lowest BCUT2D eigenvalue weighted by Crippen LogP contribution is -2.32. The van der Waals surface area contributed by atoms with E-state index in [1.165, 1.54) is 0 Å². The molecule has 3 aromatic carbocycles. The second-order valence-electron chi connectivity index (χ2n) is 8.08. The lowest BCUT2D eigenvalue weighted by Gasteiger charge is -2.20. The van der Waals surface area contributed by atoms with Crippen molar-refractivity contribution in [2.75, 3.05) is 20.3 Å². The molecule has 0 fully saturated rings. The molecule has 0 radical (unpaired) electrons. The molecule has 0 aliphatic rings. The molecule has 0 aliphatic heterocycles. The molecule has 0 saturated carbocycles. The molecule has 0 aliphatic carbocycles. The normalized spacial score (nSPS) is 10.2. The molecule has 1 amide bonds. The lowest BCUT2D eigenvalue weighted by atomic mass is 10.2. The van der Waals surface area contributed by atoms with Gasteiger partial charge in [0.25, 0.3) is 0 Å². The first-order valence-electron chi connectivity index (χ1n) is 11.9. The van der Waals surface area contributed by atoms with Crippen molar-refractivity contribution >= 4 is 6.09 Å². The van der Waals surface area contributed by atoms with Crippen molar-refractivity contribution in [2.45, 2.75) is 20.4 Å². The van der Waals surface area contributed by atoms with Crippen LogP contribution in [0.1, 0.15) is 23.9 Å². The smallest absolute Gasteiger partial charge is 0.415 e. The quantitative estimate of drug-likeness (QED) is 0.274. The van der Waals surface area contributed by atoms with Crippen LogP contribution in [0.15, 0.2) is 83.3 Å². The number of hydrogen-bond acceptors (Lipinski definition) is 6. The Morgan fingerprint density at radius 3 is 2.30 bits per heavy atom.